The topological polar surface area (TPSA) is 20.2 Å². The zero-order chi connectivity index (χ0) is 22.7. The maximum atomic E-state index is 13.3. The van der Waals surface area contributed by atoms with Crippen LogP contribution >= 0.6 is 12.2 Å². The van der Waals surface area contributed by atoms with Crippen LogP contribution in [0.2, 0.25) is 0 Å². The summed E-state index contributed by atoms with van der Waals surface area (Å²) in [6.07, 6.45) is 7.71. The van der Waals surface area contributed by atoms with Gasteiger partial charge in [0.05, 0.1) is 0 Å². The Morgan fingerprint density at radius 2 is 2.00 bits per heavy atom. The highest BCUT2D eigenvalue weighted by atomic mass is 32.1. The zero-order valence-corrected chi connectivity index (χ0v) is 19.2. The maximum Gasteiger partial charge on any atom is 0.173 e. The predicted molar refractivity (Wildman–Crippen MR) is 137 cm³/mol. The summed E-state index contributed by atoms with van der Waals surface area (Å²) in [7, 11) is 0. The Kier molecular flexibility index (Phi) is 6.56. The molecule has 5 heteroatoms. The second-order valence-electron chi connectivity index (χ2n) is 8.25. The molecule has 2 heterocycles. The average molecular weight is 446 g/mol. The molecule has 4 rings (SSSR count). The number of allylic oxidation sites excluding steroid dienone is 4. The highest BCUT2D eigenvalue weighted by Gasteiger charge is 2.24. The van der Waals surface area contributed by atoms with Crippen molar-refractivity contribution >= 4 is 33.9 Å². The Bertz CT molecular complexity index is 1200. The number of nitrogens with one attached hydrogen (secondary N) is 1. The van der Waals surface area contributed by atoms with E-state index in [1.807, 2.05) is 12.2 Å². The first-order valence-electron chi connectivity index (χ1n) is 10.8. The fourth-order valence-electron chi connectivity index (χ4n) is 4.31. The van der Waals surface area contributed by atoms with Gasteiger partial charge in [-0.25, -0.2) is 4.39 Å². The van der Waals surface area contributed by atoms with Gasteiger partial charge in [0, 0.05) is 47.5 Å². The number of rotatable bonds is 5. The lowest BCUT2D eigenvalue weighted by Gasteiger charge is -2.24. The highest BCUT2D eigenvalue weighted by Crippen LogP contribution is 2.32. The molecular weight excluding hydrogens is 417 g/mol. The molecular formula is C27H28FN3S. The lowest BCUT2D eigenvalue weighted by Crippen LogP contribution is -2.34. The maximum absolute atomic E-state index is 13.3. The zero-order valence-electron chi connectivity index (χ0n) is 18.4. The molecule has 0 atom stereocenters. The standard InChI is InChI=1S/C27H28FN3S/c1-4-5-7-20(3)17-31-25-8-6-15-30(27(32)29-22-12-10-21(28)11-13-22)18-24(25)23-16-19(2)9-14-26(23)31/h4-5,7,9-14,16H,1,3,6,8,15,17-18H2,2H3,(H,29,32)/b7-5-. The molecule has 3 aromatic rings. The minimum absolute atomic E-state index is 0.256. The molecule has 0 amide bonds. The summed E-state index contributed by atoms with van der Waals surface area (Å²) in [5.41, 5.74) is 6.98. The fraction of sp³-hybridized carbons (Fsp3) is 0.222. The van der Waals surface area contributed by atoms with E-state index in [-0.39, 0.29) is 5.82 Å². The SMILES string of the molecule is C=C/C=C\C(=C)Cn1c2c(c3cc(C)ccc31)CN(C(=S)Nc1ccc(F)cc1)CCC2. The molecule has 0 unspecified atom stereocenters. The van der Waals surface area contributed by atoms with Crippen molar-refractivity contribution in [1.82, 2.24) is 9.47 Å². The molecule has 3 nitrogen and oxygen atoms in total. The molecule has 0 spiro atoms. The normalized spacial score (nSPS) is 13.8. The number of aryl methyl sites for hydroxylation is 1. The number of aromatic nitrogens is 1. The highest BCUT2D eigenvalue weighted by molar-refractivity contribution is 7.80. The Balaban J connectivity index is 1.67. The van der Waals surface area contributed by atoms with Crippen molar-refractivity contribution in [3.8, 4) is 0 Å². The van der Waals surface area contributed by atoms with E-state index in [4.69, 9.17) is 12.2 Å². The summed E-state index contributed by atoms with van der Waals surface area (Å²) in [5.74, 6) is -0.256. The minimum atomic E-state index is -0.256. The van der Waals surface area contributed by atoms with E-state index in [0.717, 1.165) is 43.7 Å². The monoisotopic (exact) mass is 445 g/mol. The number of anilines is 1. The number of hydrogen-bond donors (Lipinski definition) is 1. The molecule has 164 valence electrons. The molecule has 0 aliphatic carbocycles. The van der Waals surface area contributed by atoms with Gasteiger partial charge in [-0.15, -0.1) is 0 Å². The van der Waals surface area contributed by atoms with Gasteiger partial charge in [-0.05, 0) is 74.0 Å². The van der Waals surface area contributed by atoms with Crippen LogP contribution in [0.25, 0.3) is 10.9 Å². The molecule has 0 bridgehead atoms. The van der Waals surface area contributed by atoms with E-state index in [9.17, 15) is 4.39 Å². The Morgan fingerprint density at radius 3 is 2.75 bits per heavy atom. The van der Waals surface area contributed by atoms with Gasteiger partial charge in [0.1, 0.15) is 5.82 Å². The molecule has 0 radical (unpaired) electrons. The lowest BCUT2D eigenvalue weighted by molar-refractivity contribution is 0.425. The first-order valence-corrected chi connectivity index (χ1v) is 11.3. The van der Waals surface area contributed by atoms with Crippen LogP contribution in [0.1, 0.15) is 23.2 Å². The summed E-state index contributed by atoms with van der Waals surface area (Å²) in [5, 5.41) is 5.21. The Hall–Kier alpha value is -3.18. The van der Waals surface area contributed by atoms with Gasteiger partial charge in [-0.3, -0.25) is 0 Å². The third-order valence-electron chi connectivity index (χ3n) is 5.84. The van der Waals surface area contributed by atoms with Crippen LogP contribution in [0.5, 0.6) is 0 Å². The summed E-state index contributed by atoms with van der Waals surface area (Å²) in [4.78, 5) is 2.21. The van der Waals surface area contributed by atoms with Crippen LogP contribution in [-0.4, -0.2) is 21.1 Å². The lowest BCUT2D eigenvalue weighted by atomic mass is 10.1. The van der Waals surface area contributed by atoms with Gasteiger partial charge < -0.3 is 14.8 Å². The van der Waals surface area contributed by atoms with E-state index < -0.39 is 0 Å². The number of thiocarbonyl (C=S) groups is 1. The first kappa shape index (κ1) is 22.0. The molecule has 32 heavy (non-hydrogen) atoms. The number of fused-ring (bicyclic) bond motifs is 3. The third kappa shape index (κ3) is 4.68. The summed E-state index contributed by atoms with van der Waals surface area (Å²) in [6, 6.07) is 12.9. The second-order valence-corrected chi connectivity index (χ2v) is 8.63. The average Bonchev–Trinajstić information content (AvgIpc) is 2.92. The van der Waals surface area contributed by atoms with Crippen molar-refractivity contribution < 1.29 is 4.39 Å². The van der Waals surface area contributed by atoms with Gasteiger partial charge in [0.25, 0.3) is 0 Å². The smallest absolute Gasteiger partial charge is 0.173 e. The Morgan fingerprint density at radius 1 is 1.22 bits per heavy atom. The van der Waals surface area contributed by atoms with Crippen LogP contribution in [0, 0.1) is 12.7 Å². The third-order valence-corrected chi connectivity index (χ3v) is 6.20. The molecule has 1 N–H and O–H groups in total. The number of benzene rings is 2. The van der Waals surface area contributed by atoms with Crippen LogP contribution in [0.3, 0.4) is 0 Å². The van der Waals surface area contributed by atoms with Gasteiger partial charge in [0.2, 0.25) is 0 Å². The van der Waals surface area contributed by atoms with Gasteiger partial charge in [-0.2, -0.15) is 0 Å². The number of nitrogens with zero attached hydrogens (tertiary/aromatic N) is 2. The van der Waals surface area contributed by atoms with Crippen molar-refractivity contribution in [3.63, 3.8) is 0 Å². The van der Waals surface area contributed by atoms with E-state index in [0.29, 0.717) is 5.11 Å². The van der Waals surface area contributed by atoms with E-state index in [2.05, 4.69) is 53.1 Å². The van der Waals surface area contributed by atoms with E-state index in [1.165, 1.54) is 39.9 Å². The van der Waals surface area contributed by atoms with Crippen LogP contribution in [0.15, 0.2) is 79.4 Å². The minimum Gasteiger partial charge on any atom is -0.345 e. The van der Waals surface area contributed by atoms with E-state index >= 15 is 0 Å². The van der Waals surface area contributed by atoms with Gasteiger partial charge >= 0.3 is 0 Å². The molecule has 1 aliphatic rings. The fourth-order valence-corrected chi connectivity index (χ4v) is 4.58. The molecule has 2 aromatic carbocycles. The van der Waals surface area contributed by atoms with Crippen LogP contribution < -0.4 is 5.32 Å². The van der Waals surface area contributed by atoms with Crippen LogP contribution in [-0.2, 0) is 19.5 Å². The molecule has 1 aromatic heterocycles. The van der Waals surface area contributed by atoms with E-state index in [1.54, 1.807) is 18.2 Å². The molecule has 1 aliphatic heterocycles. The van der Waals surface area contributed by atoms with Crippen molar-refractivity contribution in [2.75, 3.05) is 11.9 Å². The number of hydrogen-bond acceptors (Lipinski definition) is 1. The van der Waals surface area contributed by atoms with Crippen molar-refractivity contribution in [2.45, 2.75) is 32.9 Å². The number of halogens is 1. The first-order chi connectivity index (χ1) is 15.5. The van der Waals surface area contributed by atoms with Gasteiger partial charge in [-0.1, -0.05) is 43.0 Å². The summed E-state index contributed by atoms with van der Waals surface area (Å²) >= 11 is 5.73. The molecule has 0 saturated heterocycles. The van der Waals surface area contributed by atoms with Crippen LogP contribution in [0.4, 0.5) is 10.1 Å². The largest absolute Gasteiger partial charge is 0.345 e. The second kappa shape index (κ2) is 9.53. The predicted octanol–water partition coefficient (Wildman–Crippen LogP) is 6.53. The summed E-state index contributed by atoms with van der Waals surface area (Å²) < 4.78 is 15.7. The van der Waals surface area contributed by atoms with Crippen molar-refractivity contribution in [3.05, 3.63) is 102 Å². The molecule has 0 fully saturated rings. The molecule has 0 saturated carbocycles. The van der Waals surface area contributed by atoms with Crippen molar-refractivity contribution in [1.29, 1.82) is 0 Å². The quantitative estimate of drug-likeness (QED) is 0.356. The summed E-state index contributed by atoms with van der Waals surface area (Å²) in [6.45, 7) is 12.5. The van der Waals surface area contributed by atoms with Gasteiger partial charge in [0.15, 0.2) is 5.11 Å². The van der Waals surface area contributed by atoms with Crippen molar-refractivity contribution in [2.24, 2.45) is 0 Å². The Labute approximate surface area is 194 Å².